The van der Waals surface area contributed by atoms with Crippen LogP contribution in [0.3, 0.4) is 0 Å². The Morgan fingerprint density at radius 1 is 1.47 bits per heavy atom. The summed E-state index contributed by atoms with van der Waals surface area (Å²) in [5.74, 6) is -0.359. The Morgan fingerprint density at radius 3 is 2.60 bits per heavy atom. The van der Waals surface area contributed by atoms with E-state index in [0.717, 1.165) is 4.90 Å². The number of hydrogen-bond donors (Lipinski definition) is 1. The molecule has 1 rings (SSSR count). The summed E-state index contributed by atoms with van der Waals surface area (Å²) in [4.78, 5) is 12.2. The molecule has 3 nitrogen and oxygen atoms in total. The van der Waals surface area contributed by atoms with Crippen LogP contribution in [0.2, 0.25) is 0 Å². The number of rotatable bonds is 3. The minimum atomic E-state index is -0.359. The first kappa shape index (κ1) is 11.9. The van der Waals surface area contributed by atoms with Crippen LogP contribution in [-0.4, -0.2) is 18.3 Å². The highest BCUT2D eigenvalue weighted by atomic mass is 32.2. The molecule has 0 atom stereocenters. The molecule has 82 valence electrons. The summed E-state index contributed by atoms with van der Waals surface area (Å²) in [5, 5.41) is 0.469. The van der Waals surface area contributed by atoms with E-state index in [0.29, 0.717) is 16.5 Å². The SMILES string of the molecule is COC(=O)c1ccc(SC(C)C)c(N)c1. The summed E-state index contributed by atoms with van der Waals surface area (Å²) >= 11 is 1.68. The zero-order valence-electron chi connectivity index (χ0n) is 9.11. The van der Waals surface area contributed by atoms with E-state index in [9.17, 15) is 4.79 Å². The second-order valence-corrected chi connectivity index (χ2v) is 5.03. The average molecular weight is 225 g/mol. The zero-order chi connectivity index (χ0) is 11.4. The van der Waals surface area contributed by atoms with E-state index in [1.54, 1.807) is 23.9 Å². The summed E-state index contributed by atoms with van der Waals surface area (Å²) in [7, 11) is 1.36. The molecule has 15 heavy (non-hydrogen) atoms. The van der Waals surface area contributed by atoms with E-state index in [2.05, 4.69) is 18.6 Å². The molecular formula is C11H15NO2S. The van der Waals surface area contributed by atoms with Gasteiger partial charge in [-0.1, -0.05) is 13.8 Å². The number of carbonyl (C=O) groups excluding carboxylic acids is 1. The molecule has 0 aliphatic heterocycles. The molecule has 0 saturated carbocycles. The van der Waals surface area contributed by atoms with E-state index in [1.165, 1.54) is 7.11 Å². The zero-order valence-corrected chi connectivity index (χ0v) is 9.93. The molecule has 0 amide bonds. The van der Waals surface area contributed by atoms with Crippen molar-refractivity contribution in [2.75, 3.05) is 12.8 Å². The first-order chi connectivity index (χ1) is 7.04. The van der Waals surface area contributed by atoms with E-state index >= 15 is 0 Å². The number of carbonyl (C=O) groups is 1. The van der Waals surface area contributed by atoms with Crippen LogP contribution in [0.5, 0.6) is 0 Å². The van der Waals surface area contributed by atoms with Gasteiger partial charge < -0.3 is 10.5 Å². The summed E-state index contributed by atoms with van der Waals surface area (Å²) in [5.41, 5.74) is 6.94. The fourth-order valence-electron chi connectivity index (χ4n) is 1.15. The van der Waals surface area contributed by atoms with Gasteiger partial charge in [0.2, 0.25) is 0 Å². The smallest absolute Gasteiger partial charge is 0.337 e. The Kier molecular flexibility index (Phi) is 4.03. The fourth-order valence-corrected chi connectivity index (χ4v) is 2.00. The van der Waals surface area contributed by atoms with Crippen LogP contribution in [-0.2, 0) is 4.74 Å². The molecular weight excluding hydrogens is 210 g/mol. The van der Waals surface area contributed by atoms with E-state index in [4.69, 9.17) is 5.73 Å². The number of hydrogen-bond acceptors (Lipinski definition) is 4. The van der Waals surface area contributed by atoms with Gasteiger partial charge in [0, 0.05) is 15.8 Å². The molecule has 0 aromatic heterocycles. The van der Waals surface area contributed by atoms with Crippen molar-refractivity contribution in [3.63, 3.8) is 0 Å². The van der Waals surface area contributed by atoms with Crippen molar-refractivity contribution in [2.45, 2.75) is 24.0 Å². The van der Waals surface area contributed by atoms with Crippen molar-refractivity contribution < 1.29 is 9.53 Å². The van der Waals surface area contributed by atoms with Crippen molar-refractivity contribution in [3.8, 4) is 0 Å². The Hall–Kier alpha value is -1.16. The summed E-state index contributed by atoms with van der Waals surface area (Å²) in [6, 6.07) is 5.23. The minimum Gasteiger partial charge on any atom is -0.465 e. The Bertz CT molecular complexity index is 364. The second-order valence-electron chi connectivity index (χ2n) is 3.41. The van der Waals surface area contributed by atoms with Gasteiger partial charge in [0.15, 0.2) is 0 Å². The number of ether oxygens (including phenoxy) is 1. The molecule has 0 bridgehead atoms. The van der Waals surface area contributed by atoms with Crippen LogP contribution in [0.4, 0.5) is 5.69 Å². The molecule has 0 saturated heterocycles. The molecule has 0 unspecified atom stereocenters. The quantitative estimate of drug-likeness (QED) is 0.488. The van der Waals surface area contributed by atoms with Crippen molar-refractivity contribution in [2.24, 2.45) is 0 Å². The van der Waals surface area contributed by atoms with Gasteiger partial charge in [-0.3, -0.25) is 0 Å². The molecule has 1 aromatic rings. The molecule has 0 aliphatic carbocycles. The van der Waals surface area contributed by atoms with Crippen LogP contribution >= 0.6 is 11.8 Å². The third-order valence-corrected chi connectivity index (χ3v) is 2.89. The largest absolute Gasteiger partial charge is 0.465 e. The number of thioether (sulfide) groups is 1. The molecule has 2 N–H and O–H groups in total. The van der Waals surface area contributed by atoms with E-state index in [1.807, 2.05) is 6.07 Å². The van der Waals surface area contributed by atoms with E-state index < -0.39 is 0 Å². The third kappa shape index (κ3) is 3.16. The highest BCUT2D eigenvalue weighted by molar-refractivity contribution is 8.00. The lowest BCUT2D eigenvalue weighted by atomic mass is 10.2. The first-order valence-corrected chi connectivity index (χ1v) is 5.57. The van der Waals surface area contributed by atoms with Crippen LogP contribution in [0, 0.1) is 0 Å². The number of benzene rings is 1. The number of nitrogen functional groups attached to an aromatic ring is 1. The summed E-state index contributed by atoms with van der Waals surface area (Å²) in [6.07, 6.45) is 0. The van der Waals surface area contributed by atoms with Crippen molar-refractivity contribution in [3.05, 3.63) is 23.8 Å². The number of methoxy groups -OCH3 is 1. The topological polar surface area (TPSA) is 52.3 Å². The van der Waals surface area contributed by atoms with Gasteiger partial charge in [-0.05, 0) is 18.2 Å². The maximum atomic E-state index is 11.2. The summed E-state index contributed by atoms with van der Waals surface area (Å²) in [6.45, 7) is 4.19. The Balaban J connectivity index is 2.93. The number of esters is 1. The maximum Gasteiger partial charge on any atom is 0.337 e. The predicted octanol–water partition coefficient (Wildman–Crippen LogP) is 2.56. The van der Waals surface area contributed by atoms with Crippen LogP contribution in [0.15, 0.2) is 23.1 Å². The van der Waals surface area contributed by atoms with Crippen molar-refractivity contribution in [1.82, 2.24) is 0 Å². The number of nitrogens with two attached hydrogens (primary N) is 1. The lowest BCUT2D eigenvalue weighted by molar-refractivity contribution is 0.0600. The molecule has 0 heterocycles. The molecule has 0 aliphatic rings. The fraction of sp³-hybridized carbons (Fsp3) is 0.364. The molecule has 4 heteroatoms. The highest BCUT2D eigenvalue weighted by Gasteiger charge is 2.09. The highest BCUT2D eigenvalue weighted by Crippen LogP contribution is 2.29. The third-order valence-electron chi connectivity index (χ3n) is 1.79. The normalized spacial score (nSPS) is 10.4. The van der Waals surface area contributed by atoms with Crippen molar-refractivity contribution in [1.29, 1.82) is 0 Å². The van der Waals surface area contributed by atoms with Crippen LogP contribution < -0.4 is 5.73 Å². The van der Waals surface area contributed by atoms with Gasteiger partial charge in [-0.25, -0.2) is 4.79 Å². The predicted molar refractivity (Wildman–Crippen MR) is 63.2 cm³/mol. The maximum absolute atomic E-state index is 11.2. The average Bonchev–Trinajstić information content (AvgIpc) is 2.19. The van der Waals surface area contributed by atoms with Crippen LogP contribution in [0.1, 0.15) is 24.2 Å². The summed E-state index contributed by atoms with van der Waals surface area (Å²) < 4.78 is 4.61. The van der Waals surface area contributed by atoms with Gasteiger partial charge >= 0.3 is 5.97 Å². The van der Waals surface area contributed by atoms with Gasteiger partial charge in [-0.15, -0.1) is 11.8 Å². The molecule has 0 fully saturated rings. The molecule has 0 spiro atoms. The number of anilines is 1. The van der Waals surface area contributed by atoms with Crippen molar-refractivity contribution >= 4 is 23.4 Å². The monoisotopic (exact) mass is 225 g/mol. The molecule has 0 radical (unpaired) electrons. The van der Waals surface area contributed by atoms with Gasteiger partial charge in [0.25, 0.3) is 0 Å². The Morgan fingerprint density at radius 2 is 2.13 bits per heavy atom. The van der Waals surface area contributed by atoms with E-state index in [-0.39, 0.29) is 5.97 Å². The standard InChI is InChI=1S/C11H15NO2S/c1-7(2)15-10-5-4-8(6-9(10)12)11(13)14-3/h4-7H,12H2,1-3H3. The lowest BCUT2D eigenvalue weighted by Crippen LogP contribution is -2.02. The van der Waals surface area contributed by atoms with Gasteiger partial charge in [0.05, 0.1) is 12.7 Å². The first-order valence-electron chi connectivity index (χ1n) is 4.69. The van der Waals surface area contributed by atoms with Gasteiger partial charge in [-0.2, -0.15) is 0 Å². The minimum absolute atomic E-state index is 0.359. The van der Waals surface area contributed by atoms with Crippen LogP contribution in [0.25, 0.3) is 0 Å². The molecule has 1 aromatic carbocycles. The Labute approximate surface area is 94.0 Å². The lowest BCUT2D eigenvalue weighted by Gasteiger charge is -2.09. The second kappa shape index (κ2) is 5.07. The van der Waals surface area contributed by atoms with Gasteiger partial charge in [0.1, 0.15) is 0 Å².